The summed E-state index contributed by atoms with van der Waals surface area (Å²) >= 11 is 3.57. The van der Waals surface area contributed by atoms with Gasteiger partial charge in [-0.15, -0.1) is 0 Å². The minimum Gasteiger partial charge on any atom is -0.392 e. The number of aliphatic hydroxyl groups excluding tert-OH is 1. The van der Waals surface area contributed by atoms with Gasteiger partial charge in [-0.25, -0.2) is 0 Å². The average molecular weight is 315 g/mol. The van der Waals surface area contributed by atoms with Gasteiger partial charge in [0, 0.05) is 13.5 Å². The third-order valence-electron chi connectivity index (χ3n) is 4.11. The Labute approximate surface area is 118 Å². The highest BCUT2D eigenvalue weighted by Gasteiger charge is 2.23. The number of nitrogens with zero attached hydrogens (tertiary/aromatic N) is 2. The Balaban J connectivity index is 2.03. The van der Waals surface area contributed by atoms with E-state index in [2.05, 4.69) is 21.0 Å². The lowest BCUT2D eigenvalue weighted by Gasteiger charge is -2.21. The molecule has 1 aromatic heterocycles. The highest BCUT2D eigenvalue weighted by molar-refractivity contribution is 9.10. The first-order chi connectivity index (χ1) is 8.59. The molecular formula is C14H23BrN2O. The molecule has 1 saturated carbocycles. The molecular weight excluding hydrogens is 292 g/mol. The van der Waals surface area contributed by atoms with Crippen molar-refractivity contribution in [2.24, 2.45) is 13.0 Å². The standard InChI is InChI=1S/C14H23BrN2O/c1-10-14(15)12(17(2)16-10)9-13(18)11-7-5-3-4-6-8-11/h11,13,18H,3-9H2,1-2H3. The van der Waals surface area contributed by atoms with Crippen LogP contribution < -0.4 is 0 Å². The van der Waals surface area contributed by atoms with Crippen LogP contribution in [0.4, 0.5) is 0 Å². The second-order valence-corrected chi connectivity index (χ2v) is 6.29. The van der Waals surface area contributed by atoms with Crippen molar-refractivity contribution < 1.29 is 5.11 Å². The predicted octanol–water partition coefficient (Wildman–Crippen LogP) is 3.36. The molecule has 3 nitrogen and oxygen atoms in total. The van der Waals surface area contributed by atoms with Crippen molar-refractivity contribution in [2.75, 3.05) is 0 Å². The lowest BCUT2D eigenvalue weighted by atomic mass is 9.91. The molecule has 4 heteroatoms. The molecule has 18 heavy (non-hydrogen) atoms. The Hall–Kier alpha value is -0.350. The van der Waals surface area contributed by atoms with Gasteiger partial charge >= 0.3 is 0 Å². The van der Waals surface area contributed by atoms with Crippen molar-refractivity contribution in [3.8, 4) is 0 Å². The Morgan fingerprint density at radius 3 is 2.44 bits per heavy atom. The van der Waals surface area contributed by atoms with Gasteiger partial charge in [0.25, 0.3) is 0 Å². The van der Waals surface area contributed by atoms with Crippen LogP contribution >= 0.6 is 15.9 Å². The molecule has 0 aliphatic heterocycles. The van der Waals surface area contributed by atoms with Gasteiger partial charge in [0.05, 0.1) is 22.0 Å². The van der Waals surface area contributed by atoms with Crippen molar-refractivity contribution in [1.82, 2.24) is 9.78 Å². The van der Waals surface area contributed by atoms with Gasteiger partial charge in [-0.1, -0.05) is 25.7 Å². The summed E-state index contributed by atoms with van der Waals surface area (Å²) in [4.78, 5) is 0. The van der Waals surface area contributed by atoms with Crippen LogP contribution in [0.3, 0.4) is 0 Å². The summed E-state index contributed by atoms with van der Waals surface area (Å²) in [5, 5.41) is 14.8. The first-order valence-electron chi connectivity index (χ1n) is 6.95. The van der Waals surface area contributed by atoms with E-state index < -0.39 is 0 Å². The van der Waals surface area contributed by atoms with Crippen molar-refractivity contribution in [1.29, 1.82) is 0 Å². The molecule has 0 bridgehead atoms. The molecule has 1 aliphatic rings. The van der Waals surface area contributed by atoms with Crippen LogP contribution in [0.25, 0.3) is 0 Å². The van der Waals surface area contributed by atoms with Gasteiger partial charge in [-0.05, 0) is 41.6 Å². The summed E-state index contributed by atoms with van der Waals surface area (Å²) in [6.45, 7) is 1.99. The van der Waals surface area contributed by atoms with E-state index in [1.165, 1.54) is 38.5 Å². The Kier molecular flexibility index (Phi) is 4.84. The van der Waals surface area contributed by atoms with Gasteiger partial charge in [-0.3, -0.25) is 4.68 Å². The van der Waals surface area contributed by atoms with E-state index in [9.17, 15) is 5.11 Å². The lowest BCUT2D eigenvalue weighted by molar-refractivity contribution is 0.0966. The fourth-order valence-corrected chi connectivity index (χ4v) is 3.46. The quantitative estimate of drug-likeness (QED) is 0.869. The third kappa shape index (κ3) is 3.15. The highest BCUT2D eigenvalue weighted by Crippen LogP contribution is 2.29. The average Bonchev–Trinajstić information content (AvgIpc) is 2.58. The fourth-order valence-electron chi connectivity index (χ4n) is 2.96. The molecule has 0 amide bonds. The molecule has 1 aromatic rings. The van der Waals surface area contributed by atoms with E-state index in [-0.39, 0.29) is 6.10 Å². The first kappa shape index (κ1) is 14.1. The molecule has 0 spiro atoms. The van der Waals surface area contributed by atoms with Crippen molar-refractivity contribution in [3.63, 3.8) is 0 Å². The highest BCUT2D eigenvalue weighted by atomic mass is 79.9. The minimum absolute atomic E-state index is 0.228. The maximum absolute atomic E-state index is 10.4. The number of hydrogen-bond donors (Lipinski definition) is 1. The van der Waals surface area contributed by atoms with Gasteiger partial charge < -0.3 is 5.11 Å². The number of rotatable bonds is 3. The largest absolute Gasteiger partial charge is 0.392 e. The zero-order valence-corrected chi connectivity index (χ0v) is 12.9. The summed E-state index contributed by atoms with van der Waals surface area (Å²) in [7, 11) is 1.95. The zero-order chi connectivity index (χ0) is 13.1. The zero-order valence-electron chi connectivity index (χ0n) is 11.3. The van der Waals surface area contributed by atoms with Crippen molar-refractivity contribution >= 4 is 15.9 Å². The molecule has 102 valence electrons. The van der Waals surface area contributed by atoms with E-state index in [1.54, 1.807) is 0 Å². The van der Waals surface area contributed by atoms with Crippen LogP contribution in [0, 0.1) is 12.8 Å². The Morgan fingerprint density at radius 2 is 1.94 bits per heavy atom. The van der Waals surface area contributed by atoms with Crippen LogP contribution in [0.5, 0.6) is 0 Å². The molecule has 0 radical (unpaired) electrons. The molecule has 1 heterocycles. The van der Waals surface area contributed by atoms with E-state index >= 15 is 0 Å². The molecule has 0 aromatic carbocycles. The Morgan fingerprint density at radius 1 is 1.33 bits per heavy atom. The molecule has 1 fully saturated rings. The normalized spacial score (nSPS) is 19.8. The smallest absolute Gasteiger partial charge is 0.0738 e. The number of aliphatic hydroxyl groups is 1. The maximum atomic E-state index is 10.4. The maximum Gasteiger partial charge on any atom is 0.0738 e. The lowest BCUT2D eigenvalue weighted by Crippen LogP contribution is -2.23. The van der Waals surface area contributed by atoms with Crippen LogP contribution in [0.15, 0.2) is 4.47 Å². The van der Waals surface area contributed by atoms with Crippen molar-refractivity contribution in [3.05, 3.63) is 15.9 Å². The third-order valence-corrected chi connectivity index (χ3v) is 5.14. The van der Waals surface area contributed by atoms with Crippen LogP contribution in [0.1, 0.15) is 49.9 Å². The van der Waals surface area contributed by atoms with E-state index in [4.69, 9.17) is 0 Å². The van der Waals surface area contributed by atoms with E-state index in [0.29, 0.717) is 12.3 Å². The van der Waals surface area contributed by atoms with Crippen molar-refractivity contribution in [2.45, 2.75) is 58.0 Å². The van der Waals surface area contributed by atoms with E-state index in [0.717, 1.165) is 15.9 Å². The number of halogens is 1. The minimum atomic E-state index is -0.228. The van der Waals surface area contributed by atoms with Crippen LogP contribution in [-0.2, 0) is 13.5 Å². The second kappa shape index (κ2) is 6.20. The molecule has 0 saturated heterocycles. The summed E-state index contributed by atoms with van der Waals surface area (Å²) in [5.41, 5.74) is 2.12. The number of hydrogen-bond acceptors (Lipinski definition) is 2. The molecule has 1 aliphatic carbocycles. The van der Waals surface area contributed by atoms with Gasteiger partial charge in [-0.2, -0.15) is 5.10 Å². The monoisotopic (exact) mass is 314 g/mol. The van der Waals surface area contributed by atoms with E-state index in [1.807, 2.05) is 18.7 Å². The number of aryl methyl sites for hydroxylation is 2. The molecule has 1 N–H and O–H groups in total. The van der Waals surface area contributed by atoms with Gasteiger partial charge in [0.15, 0.2) is 0 Å². The fraction of sp³-hybridized carbons (Fsp3) is 0.786. The second-order valence-electron chi connectivity index (χ2n) is 5.49. The van der Waals surface area contributed by atoms with Gasteiger partial charge in [0.1, 0.15) is 0 Å². The van der Waals surface area contributed by atoms with Gasteiger partial charge in [0.2, 0.25) is 0 Å². The SMILES string of the molecule is Cc1nn(C)c(CC(O)C2CCCCCC2)c1Br. The van der Waals surface area contributed by atoms with Crippen LogP contribution in [-0.4, -0.2) is 21.0 Å². The summed E-state index contributed by atoms with van der Waals surface area (Å²) in [6, 6.07) is 0. The summed E-state index contributed by atoms with van der Waals surface area (Å²) < 4.78 is 2.94. The number of aromatic nitrogens is 2. The predicted molar refractivity (Wildman–Crippen MR) is 76.5 cm³/mol. The summed E-state index contributed by atoms with van der Waals surface area (Å²) in [5.74, 6) is 0.467. The summed E-state index contributed by atoms with van der Waals surface area (Å²) in [6.07, 6.45) is 8.04. The molecule has 1 unspecified atom stereocenters. The first-order valence-corrected chi connectivity index (χ1v) is 7.75. The Bertz CT molecular complexity index is 395. The molecule has 2 rings (SSSR count). The van der Waals surface area contributed by atoms with Crippen LogP contribution in [0.2, 0.25) is 0 Å². The topological polar surface area (TPSA) is 38.0 Å². The molecule has 1 atom stereocenters.